The predicted octanol–water partition coefficient (Wildman–Crippen LogP) is 1.22. The van der Waals surface area contributed by atoms with Gasteiger partial charge in [-0.2, -0.15) is 4.98 Å². The fourth-order valence-corrected chi connectivity index (χ4v) is 1.23. The van der Waals surface area contributed by atoms with Gasteiger partial charge in [0.1, 0.15) is 12.3 Å². The topological polar surface area (TPSA) is 87.0 Å². The zero-order chi connectivity index (χ0) is 11.4. The SMILES string of the molecule is Nc1ncc(N)c(OCc2ccccc2)n1. The van der Waals surface area contributed by atoms with Crippen molar-refractivity contribution in [2.45, 2.75) is 6.61 Å². The Morgan fingerprint density at radius 1 is 1.12 bits per heavy atom. The van der Waals surface area contributed by atoms with Crippen molar-refractivity contribution < 1.29 is 4.74 Å². The van der Waals surface area contributed by atoms with E-state index in [1.807, 2.05) is 30.3 Å². The van der Waals surface area contributed by atoms with Crippen molar-refractivity contribution in [1.29, 1.82) is 0 Å². The quantitative estimate of drug-likeness (QED) is 0.805. The highest BCUT2D eigenvalue weighted by Crippen LogP contribution is 2.18. The van der Waals surface area contributed by atoms with E-state index in [1.165, 1.54) is 6.20 Å². The summed E-state index contributed by atoms with van der Waals surface area (Å²) in [5, 5.41) is 0. The van der Waals surface area contributed by atoms with Gasteiger partial charge in [-0.05, 0) is 5.56 Å². The van der Waals surface area contributed by atoms with E-state index in [0.29, 0.717) is 18.2 Å². The fraction of sp³-hybridized carbons (Fsp3) is 0.0909. The number of nitrogens with two attached hydrogens (primary N) is 2. The van der Waals surface area contributed by atoms with E-state index in [1.54, 1.807) is 0 Å². The molecule has 1 heterocycles. The molecule has 0 saturated heterocycles. The van der Waals surface area contributed by atoms with Crippen molar-refractivity contribution >= 4 is 11.6 Å². The van der Waals surface area contributed by atoms with Crippen molar-refractivity contribution in [3.8, 4) is 5.88 Å². The van der Waals surface area contributed by atoms with Gasteiger partial charge < -0.3 is 16.2 Å². The van der Waals surface area contributed by atoms with E-state index >= 15 is 0 Å². The molecular formula is C11H12N4O. The molecule has 0 bridgehead atoms. The number of ether oxygens (including phenoxy) is 1. The molecule has 2 aromatic rings. The zero-order valence-electron chi connectivity index (χ0n) is 8.63. The third-order valence-corrected chi connectivity index (χ3v) is 2.02. The second kappa shape index (κ2) is 4.48. The lowest BCUT2D eigenvalue weighted by atomic mass is 10.2. The molecule has 5 heteroatoms. The summed E-state index contributed by atoms with van der Waals surface area (Å²) >= 11 is 0. The Morgan fingerprint density at radius 3 is 2.62 bits per heavy atom. The van der Waals surface area contributed by atoms with E-state index < -0.39 is 0 Å². The molecule has 0 fully saturated rings. The molecule has 5 nitrogen and oxygen atoms in total. The zero-order valence-corrected chi connectivity index (χ0v) is 8.63. The largest absolute Gasteiger partial charge is 0.471 e. The van der Waals surface area contributed by atoms with Crippen molar-refractivity contribution in [1.82, 2.24) is 9.97 Å². The van der Waals surface area contributed by atoms with Crippen molar-refractivity contribution in [3.05, 3.63) is 42.1 Å². The van der Waals surface area contributed by atoms with Gasteiger partial charge in [0.25, 0.3) is 0 Å². The standard InChI is InChI=1S/C11H12N4O/c12-9-6-14-11(13)15-10(9)16-7-8-4-2-1-3-5-8/h1-6H,7,12H2,(H2,13,14,15). The molecule has 0 unspecified atom stereocenters. The molecule has 0 atom stereocenters. The van der Waals surface area contributed by atoms with Gasteiger partial charge >= 0.3 is 0 Å². The van der Waals surface area contributed by atoms with Crippen LogP contribution in [0.1, 0.15) is 5.56 Å². The third kappa shape index (κ3) is 2.38. The molecule has 0 aliphatic carbocycles. The normalized spacial score (nSPS) is 10.0. The third-order valence-electron chi connectivity index (χ3n) is 2.02. The first-order chi connectivity index (χ1) is 7.75. The van der Waals surface area contributed by atoms with Crippen LogP contribution in [0.25, 0.3) is 0 Å². The molecule has 0 radical (unpaired) electrons. The number of hydrogen-bond acceptors (Lipinski definition) is 5. The Morgan fingerprint density at radius 2 is 1.88 bits per heavy atom. The Hall–Kier alpha value is -2.30. The first kappa shape index (κ1) is 10.2. The second-order valence-electron chi connectivity index (χ2n) is 3.26. The molecule has 2 rings (SSSR count). The van der Waals surface area contributed by atoms with Gasteiger partial charge in [-0.15, -0.1) is 0 Å². The highest BCUT2D eigenvalue weighted by Gasteiger charge is 2.03. The van der Waals surface area contributed by atoms with Crippen molar-refractivity contribution in [3.63, 3.8) is 0 Å². The van der Waals surface area contributed by atoms with Crippen LogP contribution in [0.5, 0.6) is 5.88 Å². The first-order valence-electron chi connectivity index (χ1n) is 4.80. The number of nitrogens with zero attached hydrogens (tertiary/aromatic N) is 2. The predicted molar refractivity (Wildman–Crippen MR) is 61.6 cm³/mol. The number of rotatable bonds is 3. The van der Waals surface area contributed by atoms with Crippen LogP contribution in [-0.4, -0.2) is 9.97 Å². The van der Waals surface area contributed by atoms with Crippen LogP contribution in [-0.2, 0) is 6.61 Å². The van der Waals surface area contributed by atoms with Crippen LogP contribution in [0.15, 0.2) is 36.5 Å². The van der Waals surface area contributed by atoms with Crippen molar-refractivity contribution in [2.24, 2.45) is 0 Å². The smallest absolute Gasteiger partial charge is 0.242 e. The van der Waals surface area contributed by atoms with Crippen LogP contribution < -0.4 is 16.2 Å². The van der Waals surface area contributed by atoms with E-state index in [0.717, 1.165) is 5.56 Å². The summed E-state index contributed by atoms with van der Waals surface area (Å²) < 4.78 is 5.45. The lowest BCUT2D eigenvalue weighted by molar-refractivity contribution is 0.296. The first-order valence-corrected chi connectivity index (χ1v) is 4.80. The van der Waals surface area contributed by atoms with Crippen molar-refractivity contribution in [2.75, 3.05) is 11.5 Å². The lowest BCUT2D eigenvalue weighted by Gasteiger charge is -2.07. The maximum atomic E-state index is 5.65. The van der Waals surface area contributed by atoms with E-state index in [4.69, 9.17) is 16.2 Å². The molecule has 16 heavy (non-hydrogen) atoms. The minimum absolute atomic E-state index is 0.150. The Balaban J connectivity index is 2.08. The summed E-state index contributed by atoms with van der Waals surface area (Å²) in [5.41, 5.74) is 12.5. The highest BCUT2D eigenvalue weighted by atomic mass is 16.5. The number of aromatic nitrogens is 2. The van der Waals surface area contributed by atoms with Crippen LogP contribution in [0.4, 0.5) is 11.6 Å². The Bertz CT molecular complexity index is 473. The summed E-state index contributed by atoms with van der Waals surface area (Å²) in [6.07, 6.45) is 1.43. The fourth-order valence-electron chi connectivity index (χ4n) is 1.23. The lowest BCUT2D eigenvalue weighted by Crippen LogP contribution is -2.04. The van der Waals surface area contributed by atoms with Gasteiger partial charge in [-0.1, -0.05) is 30.3 Å². The molecule has 0 saturated carbocycles. The van der Waals surface area contributed by atoms with Gasteiger partial charge in [-0.3, -0.25) is 0 Å². The molecule has 0 spiro atoms. The average molecular weight is 216 g/mol. The van der Waals surface area contributed by atoms with Gasteiger partial charge in [-0.25, -0.2) is 4.98 Å². The van der Waals surface area contributed by atoms with Gasteiger partial charge in [0.15, 0.2) is 0 Å². The van der Waals surface area contributed by atoms with Crippen LogP contribution in [0.3, 0.4) is 0 Å². The van der Waals surface area contributed by atoms with Gasteiger partial charge in [0, 0.05) is 0 Å². The van der Waals surface area contributed by atoms with Crippen LogP contribution >= 0.6 is 0 Å². The summed E-state index contributed by atoms with van der Waals surface area (Å²) in [7, 11) is 0. The van der Waals surface area contributed by atoms with E-state index in [9.17, 15) is 0 Å². The second-order valence-corrected chi connectivity index (χ2v) is 3.26. The monoisotopic (exact) mass is 216 g/mol. The summed E-state index contributed by atoms with van der Waals surface area (Å²) in [4.78, 5) is 7.66. The summed E-state index contributed by atoms with van der Waals surface area (Å²) in [6.45, 7) is 0.404. The molecule has 0 amide bonds. The average Bonchev–Trinajstić information content (AvgIpc) is 2.32. The van der Waals surface area contributed by atoms with Crippen LogP contribution in [0, 0.1) is 0 Å². The van der Waals surface area contributed by atoms with Gasteiger partial charge in [0.05, 0.1) is 6.20 Å². The Kier molecular flexibility index (Phi) is 2.86. The minimum Gasteiger partial charge on any atom is -0.471 e. The highest BCUT2D eigenvalue weighted by molar-refractivity contribution is 5.47. The maximum Gasteiger partial charge on any atom is 0.242 e. The number of nitrogen functional groups attached to an aromatic ring is 2. The number of hydrogen-bond donors (Lipinski definition) is 2. The Labute approximate surface area is 93.1 Å². The van der Waals surface area contributed by atoms with Crippen LogP contribution in [0.2, 0.25) is 0 Å². The van der Waals surface area contributed by atoms with E-state index in [2.05, 4.69) is 9.97 Å². The van der Waals surface area contributed by atoms with E-state index in [-0.39, 0.29) is 5.95 Å². The molecule has 4 N–H and O–H groups in total. The number of benzene rings is 1. The summed E-state index contributed by atoms with van der Waals surface area (Å²) in [6, 6.07) is 9.74. The minimum atomic E-state index is 0.150. The summed E-state index contributed by atoms with van der Waals surface area (Å²) in [5.74, 6) is 0.466. The molecule has 82 valence electrons. The molecule has 0 aliphatic heterocycles. The molecule has 1 aromatic carbocycles. The molecular weight excluding hydrogens is 204 g/mol. The molecule has 1 aromatic heterocycles. The molecule has 0 aliphatic rings. The maximum absolute atomic E-state index is 5.65. The van der Waals surface area contributed by atoms with Gasteiger partial charge in [0.2, 0.25) is 11.8 Å². The number of anilines is 2.